The number of fused-ring (bicyclic) bond motifs is 1. The second-order valence-corrected chi connectivity index (χ2v) is 5.98. The van der Waals surface area contributed by atoms with Gasteiger partial charge in [0.2, 0.25) is 5.91 Å². The lowest BCUT2D eigenvalue weighted by Crippen LogP contribution is -2.51. The van der Waals surface area contributed by atoms with Crippen molar-refractivity contribution in [1.29, 1.82) is 0 Å². The van der Waals surface area contributed by atoms with E-state index >= 15 is 0 Å². The molecule has 22 heavy (non-hydrogen) atoms. The zero-order chi connectivity index (χ0) is 14.8. The Morgan fingerprint density at radius 2 is 2.14 bits per heavy atom. The van der Waals surface area contributed by atoms with Gasteiger partial charge in [0.15, 0.2) is 0 Å². The van der Waals surface area contributed by atoms with Gasteiger partial charge in [0.1, 0.15) is 0 Å². The lowest BCUT2D eigenvalue weighted by molar-refractivity contribution is -0.132. The van der Waals surface area contributed by atoms with Crippen LogP contribution in [0.4, 0.5) is 0 Å². The molecule has 4 nitrogen and oxygen atoms in total. The van der Waals surface area contributed by atoms with E-state index < -0.39 is 0 Å². The first kappa shape index (κ1) is 16.8. The number of carbonyl (C=O) groups is 1. The number of amides is 1. The average Bonchev–Trinajstić information content (AvgIpc) is 2.82. The van der Waals surface area contributed by atoms with Crippen LogP contribution in [0.25, 0.3) is 10.9 Å². The summed E-state index contributed by atoms with van der Waals surface area (Å²) in [6.07, 6.45) is 3.57. The van der Waals surface area contributed by atoms with Crippen molar-refractivity contribution >= 4 is 29.2 Å². The highest BCUT2D eigenvalue weighted by atomic mass is 35.5. The largest absolute Gasteiger partial charge is 0.350 e. The van der Waals surface area contributed by atoms with Crippen molar-refractivity contribution in [2.75, 3.05) is 19.6 Å². The van der Waals surface area contributed by atoms with Crippen LogP contribution in [0.1, 0.15) is 18.9 Å². The van der Waals surface area contributed by atoms with Gasteiger partial charge in [-0.2, -0.15) is 0 Å². The van der Waals surface area contributed by atoms with Gasteiger partial charge in [-0.15, -0.1) is 12.4 Å². The first-order chi connectivity index (χ1) is 10.1. The molecule has 1 N–H and O–H groups in total. The summed E-state index contributed by atoms with van der Waals surface area (Å²) in [6.45, 7) is 4.69. The van der Waals surface area contributed by atoms with Crippen LogP contribution < -0.4 is 5.32 Å². The summed E-state index contributed by atoms with van der Waals surface area (Å²) in [6, 6.07) is 8.78. The summed E-state index contributed by atoms with van der Waals surface area (Å²) in [5.41, 5.74) is 2.50. The van der Waals surface area contributed by atoms with Crippen LogP contribution in [0.15, 0.2) is 30.5 Å². The Morgan fingerprint density at radius 1 is 1.36 bits per heavy atom. The van der Waals surface area contributed by atoms with Crippen LogP contribution >= 0.6 is 12.4 Å². The minimum absolute atomic E-state index is 0. The van der Waals surface area contributed by atoms with E-state index in [4.69, 9.17) is 0 Å². The van der Waals surface area contributed by atoms with Gasteiger partial charge in [-0.3, -0.25) is 4.79 Å². The minimum atomic E-state index is 0. The number of halogens is 1. The van der Waals surface area contributed by atoms with Gasteiger partial charge in [0.25, 0.3) is 0 Å². The van der Waals surface area contributed by atoms with Crippen LogP contribution in [-0.2, 0) is 18.3 Å². The fraction of sp³-hybridized carbons (Fsp3) is 0.471. The van der Waals surface area contributed by atoms with Crippen molar-refractivity contribution in [3.63, 3.8) is 0 Å². The number of hydrogen-bond donors (Lipinski definition) is 1. The first-order valence-corrected chi connectivity index (χ1v) is 7.69. The third kappa shape index (κ3) is 3.45. The van der Waals surface area contributed by atoms with Crippen molar-refractivity contribution < 1.29 is 4.79 Å². The molecular formula is C17H24ClN3O. The molecule has 1 fully saturated rings. The molecule has 2 heterocycles. The number of nitrogens with zero attached hydrogens (tertiary/aromatic N) is 2. The predicted octanol–water partition coefficient (Wildman–Crippen LogP) is 2.35. The Balaban J connectivity index is 0.00000176. The Bertz CT molecular complexity index is 652. The van der Waals surface area contributed by atoms with Crippen molar-refractivity contribution in [3.8, 4) is 0 Å². The number of piperazine rings is 1. The van der Waals surface area contributed by atoms with E-state index in [-0.39, 0.29) is 18.3 Å². The summed E-state index contributed by atoms with van der Waals surface area (Å²) in [5.74, 6) is 0.274. The highest BCUT2D eigenvalue weighted by Gasteiger charge is 2.20. The van der Waals surface area contributed by atoms with Crippen molar-refractivity contribution in [3.05, 3.63) is 36.0 Å². The van der Waals surface area contributed by atoms with Gasteiger partial charge < -0.3 is 14.8 Å². The van der Waals surface area contributed by atoms with E-state index in [1.165, 1.54) is 16.5 Å². The van der Waals surface area contributed by atoms with Crippen molar-refractivity contribution in [2.24, 2.45) is 7.05 Å². The highest BCUT2D eigenvalue weighted by molar-refractivity contribution is 5.85. The first-order valence-electron chi connectivity index (χ1n) is 7.69. The van der Waals surface area contributed by atoms with Gasteiger partial charge in [-0.05, 0) is 25.0 Å². The molecular weight excluding hydrogens is 298 g/mol. The third-order valence-electron chi connectivity index (χ3n) is 4.31. The van der Waals surface area contributed by atoms with Crippen molar-refractivity contribution in [2.45, 2.75) is 25.8 Å². The summed E-state index contributed by atoms with van der Waals surface area (Å²) in [7, 11) is 2.06. The van der Waals surface area contributed by atoms with E-state index in [0.29, 0.717) is 12.5 Å². The summed E-state index contributed by atoms with van der Waals surface area (Å²) in [4.78, 5) is 14.3. The molecule has 0 bridgehead atoms. The predicted molar refractivity (Wildman–Crippen MR) is 92.5 cm³/mol. The monoisotopic (exact) mass is 321 g/mol. The molecule has 2 aromatic rings. The molecule has 5 heteroatoms. The number of aryl methyl sites for hydroxylation is 2. The lowest BCUT2D eigenvalue weighted by Gasteiger charge is -2.32. The SMILES string of the molecule is C[C@@H]1CN(C(=O)CCc2cn(C)c3ccccc23)CCN1.Cl. The maximum Gasteiger partial charge on any atom is 0.222 e. The molecule has 0 radical (unpaired) electrons. The Hall–Kier alpha value is -1.52. The second-order valence-electron chi connectivity index (χ2n) is 5.98. The second kappa shape index (κ2) is 7.16. The normalized spacial score (nSPS) is 18.3. The molecule has 0 spiro atoms. The molecule has 1 amide bonds. The molecule has 120 valence electrons. The Morgan fingerprint density at radius 3 is 2.91 bits per heavy atom. The zero-order valence-corrected chi connectivity index (χ0v) is 14.0. The number of hydrogen-bond acceptors (Lipinski definition) is 2. The smallest absolute Gasteiger partial charge is 0.222 e. The van der Waals surface area contributed by atoms with Crippen LogP contribution in [0.3, 0.4) is 0 Å². The summed E-state index contributed by atoms with van der Waals surface area (Å²) in [5, 5.41) is 4.64. The standard InChI is InChI=1S/C17H23N3O.ClH/c1-13-11-20(10-9-18-13)17(21)8-7-14-12-19(2)16-6-4-3-5-15(14)16;/h3-6,12-13,18H,7-11H2,1-2H3;1H/t13-;/m1./s1. The molecule has 0 saturated carbocycles. The average molecular weight is 322 g/mol. The number of nitrogens with one attached hydrogen (secondary N) is 1. The number of para-hydroxylation sites is 1. The number of benzene rings is 1. The van der Waals surface area contributed by atoms with Gasteiger partial charge in [0.05, 0.1) is 0 Å². The summed E-state index contributed by atoms with van der Waals surface area (Å²) < 4.78 is 2.14. The van der Waals surface area contributed by atoms with Crippen LogP contribution in [0.5, 0.6) is 0 Å². The Kier molecular flexibility index (Phi) is 5.48. The van der Waals surface area contributed by atoms with E-state index in [1.807, 2.05) is 4.90 Å². The molecule has 1 aromatic carbocycles. The quantitative estimate of drug-likeness (QED) is 0.942. The molecule has 1 aromatic heterocycles. The number of rotatable bonds is 3. The van der Waals surface area contributed by atoms with Crippen molar-refractivity contribution in [1.82, 2.24) is 14.8 Å². The molecule has 1 atom stereocenters. The van der Waals surface area contributed by atoms with E-state index in [9.17, 15) is 4.79 Å². The molecule has 0 unspecified atom stereocenters. The molecule has 1 aliphatic rings. The lowest BCUT2D eigenvalue weighted by atomic mass is 10.1. The maximum absolute atomic E-state index is 12.4. The fourth-order valence-corrected chi connectivity index (χ4v) is 3.18. The van der Waals surface area contributed by atoms with Gasteiger partial charge in [-0.1, -0.05) is 18.2 Å². The fourth-order valence-electron chi connectivity index (χ4n) is 3.18. The zero-order valence-electron chi connectivity index (χ0n) is 13.2. The number of carbonyl (C=O) groups excluding carboxylic acids is 1. The van der Waals surface area contributed by atoms with E-state index in [0.717, 1.165) is 26.1 Å². The molecule has 1 saturated heterocycles. The van der Waals surface area contributed by atoms with E-state index in [2.05, 4.69) is 54.3 Å². The van der Waals surface area contributed by atoms with Crippen LogP contribution in [-0.4, -0.2) is 41.1 Å². The topological polar surface area (TPSA) is 37.3 Å². The third-order valence-corrected chi connectivity index (χ3v) is 4.31. The highest BCUT2D eigenvalue weighted by Crippen LogP contribution is 2.21. The minimum Gasteiger partial charge on any atom is -0.350 e. The summed E-state index contributed by atoms with van der Waals surface area (Å²) >= 11 is 0. The maximum atomic E-state index is 12.4. The van der Waals surface area contributed by atoms with Gasteiger partial charge in [-0.25, -0.2) is 0 Å². The van der Waals surface area contributed by atoms with Crippen LogP contribution in [0, 0.1) is 0 Å². The molecule has 0 aliphatic carbocycles. The Labute approximate surface area is 137 Å². The van der Waals surface area contributed by atoms with Gasteiger partial charge >= 0.3 is 0 Å². The number of aromatic nitrogens is 1. The van der Waals surface area contributed by atoms with Gasteiger partial charge in [0, 0.05) is 56.2 Å². The molecule has 3 rings (SSSR count). The van der Waals surface area contributed by atoms with Crippen LogP contribution in [0.2, 0.25) is 0 Å². The van der Waals surface area contributed by atoms with E-state index in [1.54, 1.807) is 0 Å². The molecule has 1 aliphatic heterocycles.